The Bertz CT molecular complexity index is 1220. The SMILES string of the molecule is CCn1c(CCC(=O)NCc2ccnc(N(C)C)c2)nc2cc(S(=O)(=O)N(C)C)ccc21. The van der Waals surface area contributed by atoms with Crippen LogP contribution in [0, 0.1) is 0 Å². The molecule has 9 nitrogen and oxygen atoms in total. The number of hydrogen-bond acceptors (Lipinski definition) is 6. The summed E-state index contributed by atoms with van der Waals surface area (Å²) in [5.41, 5.74) is 2.44. The zero-order valence-corrected chi connectivity index (χ0v) is 20.0. The molecular formula is C22H30N6O3S. The summed E-state index contributed by atoms with van der Waals surface area (Å²) in [7, 11) is 3.31. The van der Waals surface area contributed by atoms with Crippen LogP contribution in [0.4, 0.5) is 5.82 Å². The molecule has 1 N–H and O–H groups in total. The van der Waals surface area contributed by atoms with Gasteiger partial charge in [-0.2, -0.15) is 0 Å². The molecule has 0 fully saturated rings. The number of pyridine rings is 1. The molecule has 1 aromatic carbocycles. The molecule has 0 aliphatic rings. The standard InChI is InChI=1S/C22H30N6O3S/c1-6-28-19-8-7-17(32(30,31)27(4)5)14-18(19)25-20(28)9-10-22(29)24-15-16-11-12-23-21(13-16)26(2)3/h7-8,11-14H,6,9-10,15H2,1-5H3,(H,24,29). The maximum Gasteiger partial charge on any atom is 0.242 e. The number of fused-ring (bicyclic) bond motifs is 1. The molecule has 0 saturated carbocycles. The lowest BCUT2D eigenvalue weighted by Crippen LogP contribution is -2.23. The van der Waals surface area contributed by atoms with E-state index in [9.17, 15) is 13.2 Å². The average molecular weight is 459 g/mol. The number of nitrogens with zero attached hydrogens (tertiary/aromatic N) is 5. The molecule has 172 valence electrons. The molecule has 0 bridgehead atoms. The predicted molar refractivity (Wildman–Crippen MR) is 125 cm³/mol. The topological polar surface area (TPSA) is 100 Å². The first kappa shape index (κ1) is 23.7. The van der Waals surface area contributed by atoms with Crippen molar-refractivity contribution >= 4 is 32.8 Å². The number of benzene rings is 1. The van der Waals surface area contributed by atoms with E-state index in [1.54, 1.807) is 24.4 Å². The second-order valence-electron chi connectivity index (χ2n) is 7.90. The van der Waals surface area contributed by atoms with Gasteiger partial charge in [0.15, 0.2) is 0 Å². The Labute approximate surface area is 189 Å². The van der Waals surface area contributed by atoms with Gasteiger partial charge >= 0.3 is 0 Å². The number of anilines is 1. The first-order valence-corrected chi connectivity index (χ1v) is 11.9. The summed E-state index contributed by atoms with van der Waals surface area (Å²) in [4.78, 5) is 23.4. The minimum absolute atomic E-state index is 0.0706. The van der Waals surface area contributed by atoms with Gasteiger partial charge in [0.1, 0.15) is 11.6 Å². The lowest BCUT2D eigenvalue weighted by Gasteiger charge is -2.12. The molecule has 0 aliphatic heterocycles. The van der Waals surface area contributed by atoms with Crippen LogP contribution in [0.1, 0.15) is 24.7 Å². The van der Waals surface area contributed by atoms with Crippen molar-refractivity contribution < 1.29 is 13.2 Å². The monoisotopic (exact) mass is 458 g/mol. The van der Waals surface area contributed by atoms with Crippen molar-refractivity contribution in [2.45, 2.75) is 37.8 Å². The molecule has 0 atom stereocenters. The van der Waals surface area contributed by atoms with E-state index < -0.39 is 10.0 Å². The van der Waals surface area contributed by atoms with E-state index in [4.69, 9.17) is 0 Å². The molecule has 10 heteroatoms. The van der Waals surface area contributed by atoms with Crippen molar-refractivity contribution in [3.8, 4) is 0 Å². The Morgan fingerprint density at radius 1 is 1.12 bits per heavy atom. The van der Waals surface area contributed by atoms with Crippen LogP contribution in [0.3, 0.4) is 0 Å². The van der Waals surface area contributed by atoms with Crippen molar-refractivity contribution in [2.75, 3.05) is 33.1 Å². The smallest absolute Gasteiger partial charge is 0.242 e. The van der Waals surface area contributed by atoms with Crippen molar-refractivity contribution in [3.63, 3.8) is 0 Å². The molecule has 3 aromatic rings. The predicted octanol–water partition coefficient (Wildman–Crippen LogP) is 2.02. The van der Waals surface area contributed by atoms with E-state index in [0.29, 0.717) is 25.0 Å². The average Bonchev–Trinajstić information content (AvgIpc) is 3.12. The molecule has 0 radical (unpaired) electrons. The number of carbonyl (C=O) groups excluding carboxylic acids is 1. The van der Waals surface area contributed by atoms with E-state index >= 15 is 0 Å². The fraction of sp³-hybridized carbons (Fsp3) is 0.409. The van der Waals surface area contributed by atoms with Gasteiger partial charge in [0, 0.05) is 60.3 Å². The molecule has 32 heavy (non-hydrogen) atoms. The first-order valence-electron chi connectivity index (χ1n) is 10.4. The Balaban J connectivity index is 1.70. The Morgan fingerprint density at radius 2 is 1.88 bits per heavy atom. The highest BCUT2D eigenvalue weighted by Gasteiger charge is 2.19. The number of nitrogens with one attached hydrogen (secondary N) is 1. The molecule has 2 heterocycles. The van der Waals surface area contributed by atoms with Gasteiger partial charge in [-0.15, -0.1) is 0 Å². The largest absolute Gasteiger partial charge is 0.363 e. The van der Waals surface area contributed by atoms with Crippen LogP contribution in [0.2, 0.25) is 0 Å². The van der Waals surface area contributed by atoms with E-state index in [1.165, 1.54) is 18.4 Å². The van der Waals surface area contributed by atoms with Crippen LogP contribution in [0.5, 0.6) is 0 Å². The second kappa shape index (κ2) is 9.66. The maximum absolute atomic E-state index is 12.4. The summed E-state index contributed by atoms with van der Waals surface area (Å²) in [5, 5.41) is 2.94. The van der Waals surface area contributed by atoms with Crippen molar-refractivity contribution in [1.29, 1.82) is 0 Å². The lowest BCUT2D eigenvalue weighted by atomic mass is 10.2. The summed E-state index contributed by atoms with van der Waals surface area (Å²) < 4.78 is 28.1. The molecule has 2 aromatic heterocycles. The maximum atomic E-state index is 12.4. The number of carbonyl (C=O) groups is 1. The third-order valence-corrected chi connectivity index (χ3v) is 7.04. The quantitative estimate of drug-likeness (QED) is 0.527. The Hall–Kier alpha value is -2.98. The van der Waals surface area contributed by atoms with Gasteiger partial charge < -0.3 is 14.8 Å². The van der Waals surface area contributed by atoms with Gasteiger partial charge in [0.2, 0.25) is 15.9 Å². The van der Waals surface area contributed by atoms with Gasteiger partial charge in [-0.1, -0.05) is 0 Å². The zero-order valence-electron chi connectivity index (χ0n) is 19.2. The number of amides is 1. The summed E-state index contributed by atoms with van der Waals surface area (Å²) >= 11 is 0. The van der Waals surface area contributed by atoms with E-state index in [1.807, 2.05) is 42.6 Å². The van der Waals surface area contributed by atoms with Gasteiger partial charge in [0.05, 0.1) is 15.9 Å². The summed E-state index contributed by atoms with van der Waals surface area (Å²) in [6.45, 7) is 3.11. The van der Waals surface area contributed by atoms with Gasteiger partial charge in [-0.25, -0.2) is 22.7 Å². The normalized spacial score (nSPS) is 11.8. The number of aromatic nitrogens is 3. The van der Waals surface area contributed by atoms with Crippen LogP contribution in [-0.2, 0) is 34.3 Å². The number of sulfonamides is 1. The van der Waals surface area contributed by atoms with Gasteiger partial charge in [-0.3, -0.25) is 4.79 Å². The summed E-state index contributed by atoms with van der Waals surface area (Å²) in [5.74, 6) is 1.53. The summed E-state index contributed by atoms with van der Waals surface area (Å²) in [6.07, 6.45) is 2.48. The van der Waals surface area contributed by atoms with E-state index in [0.717, 1.165) is 22.7 Å². The number of imidazole rings is 1. The van der Waals surface area contributed by atoms with Crippen LogP contribution < -0.4 is 10.2 Å². The fourth-order valence-corrected chi connectivity index (χ4v) is 4.33. The molecular weight excluding hydrogens is 428 g/mol. The molecule has 0 aliphatic carbocycles. The van der Waals surface area contributed by atoms with Crippen LogP contribution in [0.15, 0.2) is 41.4 Å². The van der Waals surface area contributed by atoms with E-state index in [2.05, 4.69) is 15.3 Å². The van der Waals surface area contributed by atoms with Crippen molar-refractivity contribution in [3.05, 3.63) is 47.9 Å². The lowest BCUT2D eigenvalue weighted by molar-refractivity contribution is -0.121. The number of rotatable bonds is 9. The number of aryl methyl sites for hydroxylation is 2. The molecule has 0 saturated heterocycles. The molecule has 1 amide bonds. The van der Waals surface area contributed by atoms with Crippen LogP contribution in [-0.4, -0.2) is 61.4 Å². The van der Waals surface area contributed by atoms with E-state index in [-0.39, 0.29) is 17.2 Å². The van der Waals surface area contributed by atoms with Crippen LogP contribution >= 0.6 is 0 Å². The highest BCUT2D eigenvalue weighted by atomic mass is 32.2. The van der Waals surface area contributed by atoms with Crippen LogP contribution in [0.25, 0.3) is 11.0 Å². The number of hydrogen-bond donors (Lipinski definition) is 1. The fourth-order valence-electron chi connectivity index (χ4n) is 3.40. The van der Waals surface area contributed by atoms with Gasteiger partial charge in [0.25, 0.3) is 0 Å². The van der Waals surface area contributed by atoms with Crippen molar-refractivity contribution in [2.24, 2.45) is 0 Å². The minimum Gasteiger partial charge on any atom is -0.363 e. The summed E-state index contributed by atoms with van der Waals surface area (Å²) in [6, 6.07) is 8.78. The second-order valence-corrected chi connectivity index (χ2v) is 10.1. The third kappa shape index (κ3) is 5.08. The Morgan fingerprint density at radius 3 is 2.53 bits per heavy atom. The zero-order chi connectivity index (χ0) is 23.5. The highest BCUT2D eigenvalue weighted by molar-refractivity contribution is 7.89. The van der Waals surface area contributed by atoms with Gasteiger partial charge in [-0.05, 0) is 42.8 Å². The highest BCUT2D eigenvalue weighted by Crippen LogP contribution is 2.22. The van der Waals surface area contributed by atoms with Crippen molar-refractivity contribution in [1.82, 2.24) is 24.2 Å². The molecule has 0 unspecified atom stereocenters. The molecule has 3 rings (SSSR count). The third-order valence-electron chi connectivity index (χ3n) is 5.23. The minimum atomic E-state index is -3.53. The molecule has 0 spiro atoms. The Kier molecular flexibility index (Phi) is 7.15. The first-order chi connectivity index (χ1) is 15.1.